The van der Waals surface area contributed by atoms with Crippen molar-refractivity contribution in [3.63, 3.8) is 0 Å². The molecule has 0 atom stereocenters. The van der Waals surface area contributed by atoms with E-state index in [2.05, 4.69) is 4.99 Å². The van der Waals surface area contributed by atoms with Crippen molar-refractivity contribution in [3.8, 4) is 11.5 Å². The summed E-state index contributed by atoms with van der Waals surface area (Å²) in [6.45, 7) is 1.39. The number of amidine groups is 1. The number of amides is 2. The van der Waals surface area contributed by atoms with Crippen LogP contribution < -0.4 is 14.4 Å². The molecule has 28 heavy (non-hydrogen) atoms. The van der Waals surface area contributed by atoms with E-state index in [9.17, 15) is 14.0 Å². The molecule has 2 aliphatic heterocycles. The van der Waals surface area contributed by atoms with Crippen LogP contribution in [0.25, 0.3) is 6.08 Å². The average molecular weight is 419 g/mol. The van der Waals surface area contributed by atoms with Crippen LogP contribution in [-0.4, -0.2) is 23.8 Å². The maximum absolute atomic E-state index is 13.3. The highest BCUT2D eigenvalue weighted by Crippen LogP contribution is 2.40. The van der Waals surface area contributed by atoms with Gasteiger partial charge in [-0.3, -0.25) is 14.5 Å². The number of carbonyl (C=O) groups excluding carboxylic acids is 2. The fourth-order valence-corrected chi connectivity index (χ4v) is 3.91. The molecule has 2 heterocycles. The number of anilines is 1. The highest BCUT2D eigenvalue weighted by atomic mass is 35.5. The minimum atomic E-state index is -0.454. The Labute approximate surface area is 168 Å². The van der Waals surface area contributed by atoms with Crippen molar-refractivity contribution >= 4 is 52.1 Å². The normalized spacial score (nSPS) is 18.4. The largest absolute Gasteiger partial charge is 0.454 e. The highest BCUT2D eigenvalue weighted by Gasteiger charge is 2.35. The van der Waals surface area contributed by atoms with Crippen LogP contribution in [0.4, 0.5) is 10.1 Å². The molecule has 6 nitrogen and oxygen atoms in total. The van der Waals surface area contributed by atoms with Crippen LogP contribution in [0.2, 0.25) is 5.02 Å². The Morgan fingerprint density at radius 2 is 1.93 bits per heavy atom. The molecule has 0 bridgehead atoms. The molecule has 2 aromatic rings. The Morgan fingerprint density at radius 1 is 1.25 bits per heavy atom. The van der Waals surface area contributed by atoms with Crippen molar-refractivity contribution in [2.45, 2.75) is 6.92 Å². The van der Waals surface area contributed by atoms with Crippen LogP contribution in [0.15, 0.2) is 46.3 Å². The SMILES string of the molecule is CC(=O)N=C1S/C(=C\c2cc3c(cc2Cl)OCO3)C(=O)N1c1ccc(F)cc1. The minimum absolute atomic E-state index is 0.104. The second-order valence-electron chi connectivity index (χ2n) is 5.87. The third-order valence-electron chi connectivity index (χ3n) is 3.92. The first-order valence-electron chi connectivity index (χ1n) is 8.10. The van der Waals surface area contributed by atoms with E-state index in [1.165, 1.54) is 36.1 Å². The number of benzene rings is 2. The summed E-state index contributed by atoms with van der Waals surface area (Å²) in [5.41, 5.74) is 0.962. The lowest BCUT2D eigenvalue weighted by molar-refractivity contribution is -0.115. The molecule has 0 saturated carbocycles. The van der Waals surface area contributed by atoms with Crippen LogP contribution in [0.1, 0.15) is 12.5 Å². The second kappa shape index (κ2) is 7.29. The topological polar surface area (TPSA) is 68.2 Å². The van der Waals surface area contributed by atoms with Crippen LogP contribution in [-0.2, 0) is 9.59 Å². The summed E-state index contributed by atoms with van der Waals surface area (Å²) >= 11 is 7.32. The van der Waals surface area contributed by atoms with Gasteiger partial charge >= 0.3 is 0 Å². The van der Waals surface area contributed by atoms with Crippen molar-refractivity contribution in [1.29, 1.82) is 0 Å². The number of hydrogen-bond donors (Lipinski definition) is 0. The zero-order valence-electron chi connectivity index (χ0n) is 14.4. The molecule has 0 aromatic heterocycles. The van der Waals surface area contributed by atoms with Crippen LogP contribution in [0.5, 0.6) is 11.5 Å². The van der Waals surface area contributed by atoms with Gasteiger partial charge in [-0.2, -0.15) is 4.99 Å². The smallest absolute Gasteiger partial charge is 0.271 e. The molecule has 0 unspecified atom stereocenters. The van der Waals surface area contributed by atoms with Gasteiger partial charge < -0.3 is 9.47 Å². The number of aliphatic imine (C=N–C) groups is 1. The fraction of sp³-hybridized carbons (Fsp3) is 0.105. The number of hydrogen-bond acceptors (Lipinski definition) is 5. The van der Waals surface area contributed by atoms with Gasteiger partial charge in [0.05, 0.1) is 15.6 Å². The van der Waals surface area contributed by atoms with E-state index in [0.29, 0.717) is 32.7 Å². The molecule has 1 fully saturated rings. The Balaban J connectivity index is 1.75. The van der Waals surface area contributed by atoms with Crippen LogP contribution >= 0.6 is 23.4 Å². The molecule has 4 rings (SSSR count). The van der Waals surface area contributed by atoms with E-state index in [1.807, 2.05) is 0 Å². The first kappa shape index (κ1) is 18.5. The molecule has 0 radical (unpaired) electrons. The summed E-state index contributed by atoms with van der Waals surface area (Å²) in [6.07, 6.45) is 1.59. The summed E-state index contributed by atoms with van der Waals surface area (Å²) in [7, 11) is 0. The van der Waals surface area contributed by atoms with E-state index in [0.717, 1.165) is 11.8 Å². The summed E-state index contributed by atoms with van der Waals surface area (Å²) in [4.78, 5) is 30.0. The zero-order valence-corrected chi connectivity index (χ0v) is 16.0. The van der Waals surface area contributed by atoms with Crippen molar-refractivity contribution in [2.24, 2.45) is 4.99 Å². The summed E-state index contributed by atoms with van der Waals surface area (Å²) in [5, 5.41) is 0.572. The maximum atomic E-state index is 13.3. The number of thioether (sulfide) groups is 1. The van der Waals surface area contributed by atoms with Gasteiger partial charge in [0.15, 0.2) is 16.7 Å². The number of carbonyl (C=O) groups is 2. The Morgan fingerprint density at radius 3 is 2.61 bits per heavy atom. The molecular formula is C19H12ClFN2O4S. The van der Waals surface area contributed by atoms with Gasteiger partial charge in [-0.25, -0.2) is 4.39 Å². The van der Waals surface area contributed by atoms with Gasteiger partial charge in [0, 0.05) is 13.0 Å². The van der Waals surface area contributed by atoms with Gasteiger partial charge in [-0.1, -0.05) is 11.6 Å². The van der Waals surface area contributed by atoms with E-state index < -0.39 is 17.6 Å². The van der Waals surface area contributed by atoms with Crippen molar-refractivity contribution < 1.29 is 23.5 Å². The van der Waals surface area contributed by atoms with Gasteiger partial charge in [0.1, 0.15) is 5.82 Å². The summed E-state index contributed by atoms with van der Waals surface area (Å²) in [6, 6.07) is 8.64. The van der Waals surface area contributed by atoms with E-state index in [4.69, 9.17) is 21.1 Å². The second-order valence-corrected chi connectivity index (χ2v) is 7.28. The Bertz CT molecular complexity index is 1050. The third-order valence-corrected chi connectivity index (χ3v) is 5.22. The fourth-order valence-electron chi connectivity index (χ4n) is 2.69. The van der Waals surface area contributed by atoms with Crippen LogP contribution in [0.3, 0.4) is 0 Å². The van der Waals surface area contributed by atoms with E-state index in [-0.39, 0.29) is 12.0 Å². The van der Waals surface area contributed by atoms with Gasteiger partial charge in [-0.05, 0) is 53.7 Å². The molecule has 0 aliphatic carbocycles. The number of fused-ring (bicyclic) bond motifs is 1. The standard InChI is InChI=1S/C19H12ClFN2O4S/c1-10(24)22-19-23(13-4-2-12(21)3-5-13)18(25)17(28-19)7-11-6-15-16(8-14(11)20)27-9-26-15/h2-8H,9H2,1H3/b17-7-,22-19?. The van der Waals surface area contributed by atoms with Crippen molar-refractivity contribution in [3.05, 3.63) is 57.7 Å². The third kappa shape index (κ3) is 3.48. The lowest BCUT2D eigenvalue weighted by Gasteiger charge is -2.15. The predicted octanol–water partition coefficient (Wildman–Crippen LogP) is 4.23. The van der Waals surface area contributed by atoms with Crippen LogP contribution in [0, 0.1) is 5.82 Å². The molecule has 0 N–H and O–H groups in total. The predicted molar refractivity (Wildman–Crippen MR) is 105 cm³/mol. The van der Waals surface area contributed by atoms with Gasteiger partial charge in [0.2, 0.25) is 12.7 Å². The Kier molecular flexibility index (Phi) is 4.82. The molecule has 142 valence electrons. The van der Waals surface area contributed by atoms with Gasteiger partial charge in [-0.15, -0.1) is 0 Å². The van der Waals surface area contributed by atoms with E-state index in [1.54, 1.807) is 18.2 Å². The zero-order chi connectivity index (χ0) is 19.8. The quantitative estimate of drug-likeness (QED) is 0.683. The minimum Gasteiger partial charge on any atom is -0.454 e. The monoisotopic (exact) mass is 418 g/mol. The first-order valence-corrected chi connectivity index (χ1v) is 9.30. The molecule has 0 spiro atoms. The molecule has 2 amide bonds. The molecule has 1 saturated heterocycles. The van der Waals surface area contributed by atoms with Crippen molar-refractivity contribution in [2.75, 3.05) is 11.7 Å². The molecule has 9 heteroatoms. The Hall–Kier alpha value is -2.84. The van der Waals surface area contributed by atoms with Gasteiger partial charge in [0.25, 0.3) is 5.91 Å². The summed E-state index contributed by atoms with van der Waals surface area (Å²) < 4.78 is 23.9. The number of ether oxygens (including phenoxy) is 2. The number of nitrogens with zero attached hydrogens (tertiary/aromatic N) is 2. The highest BCUT2D eigenvalue weighted by molar-refractivity contribution is 8.19. The first-order chi connectivity index (χ1) is 13.4. The van der Waals surface area contributed by atoms with E-state index >= 15 is 0 Å². The maximum Gasteiger partial charge on any atom is 0.271 e. The molecular weight excluding hydrogens is 407 g/mol. The number of halogens is 2. The average Bonchev–Trinajstić information content (AvgIpc) is 3.20. The lowest BCUT2D eigenvalue weighted by Crippen LogP contribution is -2.29. The van der Waals surface area contributed by atoms with Crippen molar-refractivity contribution in [1.82, 2.24) is 0 Å². The molecule has 2 aromatic carbocycles. The summed E-state index contributed by atoms with van der Waals surface area (Å²) in [5.74, 6) is -0.227. The number of rotatable bonds is 2. The lowest BCUT2D eigenvalue weighted by atomic mass is 10.1. The molecule has 2 aliphatic rings.